The van der Waals surface area contributed by atoms with Crippen LogP contribution in [-0.2, 0) is 6.54 Å². The normalized spacial score (nSPS) is 12.0. The Morgan fingerprint density at radius 2 is 1.68 bits per heavy atom. The number of rotatable bonds is 7. The quantitative estimate of drug-likeness (QED) is 0.660. The Kier molecular flexibility index (Phi) is 4.94. The van der Waals surface area contributed by atoms with Crippen LogP contribution in [0.25, 0.3) is 17.2 Å². The second-order valence-electron chi connectivity index (χ2n) is 5.96. The molecule has 1 aliphatic rings. The van der Waals surface area contributed by atoms with Crippen molar-refractivity contribution in [2.75, 3.05) is 25.2 Å². The smallest absolute Gasteiger partial charge is 0.162 e. The lowest BCUT2D eigenvalue weighted by atomic mass is 9.91. The van der Waals surface area contributed by atoms with Crippen molar-refractivity contribution in [3.63, 3.8) is 0 Å². The fourth-order valence-electron chi connectivity index (χ4n) is 3.21. The summed E-state index contributed by atoms with van der Waals surface area (Å²) >= 11 is 0. The van der Waals surface area contributed by atoms with Gasteiger partial charge in [0.2, 0.25) is 0 Å². The second-order valence-corrected chi connectivity index (χ2v) is 5.96. The van der Waals surface area contributed by atoms with Gasteiger partial charge in [0.1, 0.15) is 13.2 Å². The van der Waals surface area contributed by atoms with Gasteiger partial charge in [-0.15, -0.1) is 0 Å². The number of benzene rings is 2. The minimum absolute atomic E-state index is 0.433. The first-order chi connectivity index (χ1) is 12.2. The minimum Gasteiger partial charge on any atom is -0.486 e. The van der Waals surface area contributed by atoms with Crippen molar-refractivity contribution >= 4 is 11.8 Å². The predicted molar refractivity (Wildman–Crippen MR) is 105 cm³/mol. The molecule has 0 aromatic heterocycles. The molecule has 1 heterocycles. The zero-order chi connectivity index (χ0) is 17.8. The lowest BCUT2D eigenvalue weighted by molar-refractivity contribution is 0.308. The van der Waals surface area contributed by atoms with Crippen LogP contribution < -0.4 is 14.4 Å². The van der Waals surface area contributed by atoms with Gasteiger partial charge in [-0.2, -0.15) is 0 Å². The Morgan fingerprint density at radius 3 is 2.32 bits per heavy atom. The summed E-state index contributed by atoms with van der Waals surface area (Å²) in [6, 6.07) is 10.4. The third kappa shape index (κ3) is 3.18. The van der Waals surface area contributed by atoms with Crippen LogP contribution >= 0.6 is 0 Å². The molecule has 0 atom stereocenters. The van der Waals surface area contributed by atoms with Crippen LogP contribution in [0.3, 0.4) is 0 Å². The molecule has 0 N–H and O–H groups in total. The van der Waals surface area contributed by atoms with Crippen LogP contribution in [0.4, 0.5) is 5.69 Å². The van der Waals surface area contributed by atoms with E-state index in [0.717, 1.165) is 23.6 Å². The Hall–Kier alpha value is -2.94. The molecule has 2 aromatic rings. The Bertz CT molecular complexity index is 823. The molecule has 0 bridgehead atoms. The fraction of sp³-hybridized carbons (Fsp3) is 0.182. The molecule has 3 rings (SSSR count). The highest BCUT2D eigenvalue weighted by Crippen LogP contribution is 2.45. The zero-order valence-electron chi connectivity index (χ0n) is 14.6. The van der Waals surface area contributed by atoms with Crippen LogP contribution in [0.1, 0.15) is 11.1 Å². The van der Waals surface area contributed by atoms with Crippen molar-refractivity contribution < 1.29 is 9.47 Å². The van der Waals surface area contributed by atoms with Gasteiger partial charge in [-0.05, 0) is 28.8 Å². The molecule has 1 aliphatic heterocycles. The highest BCUT2D eigenvalue weighted by molar-refractivity contribution is 5.89. The fourth-order valence-corrected chi connectivity index (χ4v) is 3.21. The Balaban J connectivity index is 2.15. The summed E-state index contributed by atoms with van der Waals surface area (Å²) in [6.45, 7) is 13.1. The van der Waals surface area contributed by atoms with E-state index in [1.165, 1.54) is 22.4 Å². The van der Waals surface area contributed by atoms with Crippen molar-refractivity contribution in [3.8, 4) is 22.6 Å². The number of fused-ring (bicyclic) bond motifs is 3. The van der Waals surface area contributed by atoms with Gasteiger partial charge >= 0.3 is 0 Å². The average molecular weight is 333 g/mol. The maximum Gasteiger partial charge on any atom is 0.162 e. The molecule has 3 nitrogen and oxygen atoms in total. The van der Waals surface area contributed by atoms with Crippen LogP contribution in [-0.4, -0.2) is 20.3 Å². The predicted octanol–water partition coefficient (Wildman–Crippen LogP) is 5.08. The molecule has 2 aromatic carbocycles. The summed E-state index contributed by atoms with van der Waals surface area (Å²) in [5.74, 6) is 1.46. The number of nitrogens with zero attached hydrogens (tertiary/aromatic N) is 1. The molecule has 0 saturated heterocycles. The maximum atomic E-state index is 5.84. The molecular weight excluding hydrogens is 310 g/mol. The molecule has 128 valence electrons. The van der Waals surface area contributed by atoms with E-state index in [-0.39, 0.29) is 0 Å². The van der Waals surface area contributed by atoms with Gasteiger partial charge in [0, 0.05) is 19.2 Å². The van der Waals surface area contributed by atoms with Crippen LogP contribution in [0.2, 0.25) is 0 Å². The van der Waals surface area contributed by atoms with Crippen LogP contribution in [0.5, 0.6) is 11.5 Å². The van der Waals surface area contributed by atoms with E-state index < -0.39 is 0 Å². The lowest BCUT2D eigenvalue weighted by Crippen LogP contribution is -2.22. The van der Waals surface area contributed by atoms with E-state index in [9.17, 15) is 0 Å². The molecule has 0 spiro atoms. The third-order valence-electron chi connectivity index (χ3n) is 4.25. The van der Waals surface area contributed by atoms with Gasteiger partial charge in [0.15, 0.2) is 11.5 Å². The number of hydrogen-bond acceptors (Lipinski definition) is 3. The summed E-state index contributed by atoms with van der Waals surface area (Å²) in [5, 5.41) is 0. The van der Waals surface area contributed by atoms with Gasteiger partial charge in [-0.3, -0.25) is 0 Å². The molecule has 0 unspecified atom stereocenters. The topological polar surface area (TPSA) is 21.7 Å². The third-order valence-corrected chi connectivity index (χ3v) is 4.25. The molecule has 3 heteroatoms. The van der Waals surface area contributed by atoms with E-state index in [1.54, 1.807) is 12.2 Å². The summed E-state index contributed by atoms with van der Waals surface area (Å²) in [6.07, 6.45) is 5.36. The zero-order valence-corrected chi connectivity index (χ0v) is 14.6. The average Bonchev–Trinajstić information content (AvgIpc) is 2.64. The lowest BCUT2D eigenvalue weighted by Gasteiger charge is -2.32. The van der Waals surface area contributed by atoms with E-state index in [0.29, 0.717) is 13.2 Å². The second kappa shape index (κ2) is 7.31. The van der Waals surface area contributed by atoms with Gasteiger partial charge in [0.05, 0.1) is 5.69 Å². The van der Waals surface area contributed by atoms with E-state index in [2.05, 4.69) is 62.0 Å². The Labute approximate surface area is 149 Å². The monoisotopic (exact) mass is 333 g/mol. The largest absolute Gasteiger partial charge is 0.486 e. The molecule has 0 radical (unpaired) electrons. The minimum atomic E-state index is 0.433. The number of anilines is 1. The first kappa shape index (κ1) is 16.9. The van der Waals surface area contributed by atoms with E-state index in [4.69, 9.17) is 9.47 Å². The first-order valence-corrected chi connectivity index (χ1v) is 8.30. The molecule has 0 aliphatic carbocycles. The molecular formula is C22H23NO2. The van der Waals surface area contributed by atoms with E-state index in [1.807, 2.05) is 6.08 Å². The molecule has 0 fully saturated rings. The van der Waals surface area contributed by atoms with Gasteiger partial charge in [-0.1, -0.05) is 56.2 Å². The van der Waals surface area contributed by atoms with Gasteiger partial charge in [-0.25, -0.2) is 0 Å². The van der Waals surface area contributed by atoms with E-state index >= 15 is 0 Å². The number of hydrogen-bond donors (Lipinski definition) is 0. The highest BCUT2D eigenvalue weighted by Gasteiger charge is 2.24. The Morgan fingerprint density at radius 1 is 1.00 bits per heavy atom. The highest BCUT2D eigenvalue weighted by atomic mass is 16.5. The summed E-state index contributed by atoms with van der Waals surface area (Å²) < 4.78 is 11.6. The molecule has 0 saturated carbocycles. The summed E-state index contributed by atoms with van der Waals surface area (Å²) in [4.78, 5) is 2.25. The molecule has 0 amide bonds. The van der Waals surface area contributed by atoms with Crippen molar-refractivity contribution in [3.05, 3.63) is 73.3 Å². The van der Waals surface area contributed by atoms with Gasteiger partial charge in [0.25, 0.3) is 0 Å². The number of para-hydroxylation sites is 1. The summed E-state index contributed by atoms with van der Waals surface area (Å²) in [7, 11) is 2.10. The molecule has 25 heavy (non-hydrogen) atoms. The number of ether oxygens (including phenoxy) is 2. The summed E-state index contributed by atoms with van der Waals surface area (Å²) in [5.41, 5.74) is 5.88. The first-order valence-electron chi connectivity index (χ1n) is 8.30. The van der Waals surface area contributed by atoms with Crippen molar-refractivity contribution in [1.29, 1.82) is 0 Å². The standard InChI is InChI=1S/C22H23NO2/c1-5-11-24-20-13-17-15-23(4)22-16(7-3)9-8-10-18(22)19(17)14-21(20)25-12-6-2/h5-10,13-14H,1-3,11-12,15H2,4H3. The van der Waals surface area contributed by atoms with Crippen LogP contribution in [0.15, 0.2) is 62.2 Å². The van der Waals surface area contributed by atoms with Gasteiger partial charge < -0.3 is 14.4 Å². The van der Waals surface area contributed by atoms with Crippen molar-refractivity contribution in [2.24, 2.45) is 0 Å². The van der Waals surface area contributed by atoms with Crippen molar-refractivity contribution in [1.82, 2.24) is 0 Å². The van der Waals surface area contributed by atoms with Crippen molar-refractivity contribution in [2.45, 2.75) is 6.54 Å². The maximum absolute atomic E-state index is 5.84. The van der Waals surface area contributed by atoms with Crippen LogP contribution in [0, 0.1) is 0 Å². The SMILES string of the molecule is C=CCOc1cc2c(cc1OCC=C)-c1cccc(C=C)c1N(C)C2.